The van der Waals surface area contributed by atoms with Crippen molar-refractivity contribution in [2.45, 2.75) is 37.4 Å². The third-order valence-corrected chi connectivity index (χ3v) is 8.03. The van der Waals surface area contributed by atoms with Crippen molar-refractivity contribution in [3.8, 4) is 11.1 Å². The van der Waals surface area contributed by atoms with E-state index in [4.69, 9.17) is 4.99 Å². The molecule has 0 aliphatic heterocycles. The molecule has 0 radical (unpaired) electrons. The fraction of sp³-hybridized carbons (Fsp3) is 0.240. The molecule has 0 atom stereocenters. The molecule has 1 aliphatic rings. The Kier molecular flexibility index (Phi) is 5.29. The molecule has 0 spiro atoms. The van der Waals surface area contributed by atoms with Crippen molar-refractivity contribution in [3.63, 3.8) is 0 Å². The van der Waals surface area contributed by atoms with Crippen molar-refractivity contribution in [2.24, 2.45) is 4.99 Å². The number of benzene rings is 3. The summed E-state index contributed by atoms with van der Waals surface area (Å²) in [6, 6.07) is 28.2. The SMILES string of the molecule is CCCC[Se]C(=Nc1ccccc1)C1(C)c2ccccc2-c2ccccc21. The summed E-state index contributed by atoms with van der Waals surface area (Å²) in [7, 11) is 0. The van der Waals surface area contributed by atoms with E-state index in [0.717, 1.165) is 5.69 Å². The summed E-state index contributed by atoms with van der Waals surface area (Å²) in [6.07, 6.45) is 2.51. The van der Waals surface area contributed by atoms with E-state index in [-0.39, 0.29) is 5.41 Å². The zero-order valence-electron chi connectivity index (χ0n) is 16.0. The van der Waals surface area contributed by atoms with Gasteiger partial charge in [-0.2, -0.15) is 0 Å². The van der Waals surface area contributed by atoms with Crippen molar-refractivity contribution in [2.75, 3.05) is 0 Å². The van der Waals surface area contributed by atoms with E-state index >= 15 is 0 Å². The van der Waals surface area contributed by atoms with Gasteiger partial charge in [-0.1, -0.05) is 0 Å². The number of fused-ring (bicyclic) bond motifs is 3. The zero-order chi connectivity index (χ0) is 18.7. The maximum absolute atomic E-state index is 5.23. The van der Waals surface area contributed by atoms with Gasteiger partial charge < -0.3 is 0 Å². The molecule has 0 unspecified atom stereocenters. The average Bonchev–Trinajstić information content (AvgIpc) is 2.99. The van der Waals surface area contributed by atoms with Gasteiger partial charge in [0.05, 0.1) is 0 Å². The predicted molar refractivity (Wildman–Crippen MR) is 117 cm³/mol. The summed E-state index contributed by atoms with van der Waals surface area (Å²) in [5, 5.41) is 1.25. The van der Waals surface area contributed by atoms with E-state index in [9.17, 15) is 0 Å². The van der Waals surface area contributed by atoms with Crippen LogP contribution in [-0.4, -0.2) is 19.6 Å². The van der Waals surface area contributed by atoms with E-state index in [2.05, 4.69) is 92.7 Å². The van der Waals surface area contributed by atoms with E-state index < -0.39 is 0 Å². The van der Waals surface area contributed by atoms with Gasteiger partial charge >= 0.3 is 169 Å². The molecule has 0 bridgehead atoms. The first-order chi connectivity index (χ1) is 13.2. The van der Waals surface area contributed by atoms with Gasteiger partial charge in [-0.05, 0) is 0 Å². The number of hydrogen-bond acceptors (Lipinski definition) is 1. The van der Waals surface area contributed by atoms with Crippen LogP contribution in [0.4, 0.5) is 5.69 Å². The van der Waals surface area contributed by atoms with Gasteiger partial charge in [-0.15, -0.1) is 0 Å². The van der Waals surface area contributed by atoms with Crippen molar-refractivity contribution in [3.05, 3.63) is 90.0 Å². The Morgan fingerprint density at radius 1 is 0.815 bits per heavy atom. The molecule has 1 aliphatic carbocycles. The van der Waals surface area contributed by atoms with Gasteiger partial charge in [-0.3, -0.25) is 0 Å². The second kappa shape index (κ2) is 7.84. The second-order valence-corrected chi connectivity index (χ2v) is 9.44. The molecule has 0 saturated carbocycles. The number of nitrogens with zero attached hydrogens (tertiary/aromatic N) is 1. The minimum atomic E-state index is -0.142. The molecule has 2 heteroatoms. The summed E-state index contributed by atoms with van der Waals surface area (Å²) in [6.45, 7) is 4.65. The quantitative estimate of drug-likeness (QED) is 0.242. The van der Waals surface area contributed by atoms with Crippen LogP contribution in [0.2, 0.25) is 5.32 Å². The molecule has 27 heavy (non-hydrogen) atoms. The van der Waals surface area contributed by atoms with Crippen LogP contribution in [0.25, 0.3) is 11.1 Å². The molecule has 0 heterocycles. The molecule has 3 aromatic rings. The van der Waals surface area contributed by atoms with E-state index in [1.54, 1.807) is 0 Å². The van der Waals surface area contributed by atoms with E-state index in [1.165, 1.54) is 45.0 Å². The summed E-state index contributed by atoms with van der Waals surface area (Å²) < 4.78 is 1.34. The number of hydrogen-bond donors (Lipinski definition) is 0. The van der Waals surface area contributed by atoms with Crippen molar-refractivity contribution in [1.82, 2.24) is 0 Å². The summed E-state index contributed by atoms with van der Waals surface area (Å²) in [4.78, 5) is 5.23. The molecule has 3 aromatic carbocycles. The third-order valence-electron chi connectivity index (χ3n) is 5.37. The number of rotatable bonds is 6. The van der Waals surface area contributed by atoms with Crippen molar-refractivity contribution < 1.29 is 0 Å². The topological polar surface area (TPSA) is 12.4 Å². The Morgan fingerprint density at radius 2 is 1.37 bits per heavy atom. The Balaban J connectivity index is 1.89. The standard InChI is InChI=1S/C25H25NSe/c1-3-4-18-27-24(26-19-12-6-5-7-13-19)25(2)22-16-10-8-14-20(22)21-15-9-11-17-23(21)25/h5-17H,3-4,18H2,1-2H3. The van der Waals surface area contributed by atoms with Crippen LogP contribution in [0.1, 0.15) is 37.8 Å². The molecule has 0 N–H and O–H groups in total. The number of unbranched alkanes of at least 4 members (excludes halogenated alkanes) is 1. The molecule has 4 rings (SSSR count). The average molecular weight is 418 g/mol. The molecule has 136 valence electrons. The van der Waals surface area contributed by atoms with Gasteiger partial charge in [0.15, 0.2) is 0 Å². The van der Waals surface area contributed by atoms with Crippen LogP contribution in [0.15, 0.2) is 83.9 Å². The minimum absolute atomic E-state index is 0.142. The van der Waals surface area contributed by atoms with Gasteiger partial charge in [0.1, 0.15) is 0 Å². The van der Waals surface area contributed by atoms with Gasteiger partial charge in [0.2, 0.25) is 0 Å². The molecular formula is C25H25NSe. The zero-order valence-corrected chi connectivity index (χ0v) is 17.7. The molecule has 0 saturated heterocycles. The van der Waals surface area contributed by atoms with Crippen LogP contribution in [-0.2, 0) is 5.41 Å². The van der Waals surface area contributed by atoms with Gasteiger partial charge in [0.25, 0.3) is 0 Å². The van der Waals surface area contributed by atoms with Gasteiger partial charge in [0, 0.05) is 0 Å². The van der Waals surface area contributed by atoms with Crippen LogP contribution in [0, 0.1) is 0 Å². The van der Waals surface area contributed by atoms with Gasteiger partial charge in [-0.25, -0.2) is 0 Å². The number of aliphatic imine (C=N–C) groups is 1. The number of para-hydroxylation sites is 1. The third kappa shape index (κ3) is 3.29. The fourth-order valence-electron chi connectivity index (χ4n) is 3.90. The van der Waals surface area contributed by atoms with E-state index in [0.29, 0.717) is 15.0 Å². The van der Waals surface area contributed by atoms with Crippen LogP contribution < -0.4 is 0 Å². The Labute approximate surface area is 168 Å². The normalized spacial score (nSPS) is 14.7. The first kappa shape index (κ1) is 18.2. The summed E-state index contributed by atoms with van der Waals surface area (Å²) >= 11 is 0.366. The molecular weight excluding hydrogens is 393 g/mol. The Hall–Kier alpha value is -2.15. The first-order valence-electron chi connectivity index (χ1n) is 9.71. The molecule has 0 aromatic heterocycles. The fourth-order valence-corrected chi connectivity index (χ4v) is 6.64. The second-order valence-electron chi connectivity index (χ2n) is 7.17. The summed E-state index contributed by atoms with van der Waals surface area (Å²) in [5.41, 5.74) is 6.45. The molecule has 1 nitrogen and oxygen atoms in total. The van der Waals surface area contributed by atoms with E-state index in [1.807, 2.05) is 0 Å². The van der Waals surface area contributed by atoms with Crippen molar-refractivity contribution in [1.29, 1.82) is 0 Å². The monoisotopic (exact) mass is 419 g/mol. The Bertz CT molecular complexity index is 913. The van der Waals surface area contributed by atoms with Crippen molar-refractivity contribution >= 4 is 25.3 Å². The summed E-state index contributed by atoms with van der Waals surface area (Å²) in [5.74, 6) is 0. The first-order valence-corrected chi connectivity index (χ1v) is 11.8. The maximum atomic E-state index is 5.23. The molecule has 0 fully saturated rings. The van der Waals surface area contributed by atoms with Crippen LogP contribution in [0.3, 0.4) is 0 Å². The van der Waals surface area contributed by atoms with Crippen LogP contribution >= 0.6 is 0 Å². The van der Waals surface area contributed by atoms with Crippen LogP contribution in [0.5, 0.6) is 0 Å². The molecule has 0 amide bonds. The predicted octanol–water partition coefficient (Wildman–Crippen LogP) is 6.63. The Morgan fingerprint density at radius 3 is 1.96 bits per heavy atom.